The molecular formula is C15H14BrF3N2O5. The first-order valence-corrected chi connectivity index (χ1v) is 7.99. The number of nitrogens with one attached hydrogen (secondary N) is 1. The summed E-state index contributed by atoms with van der Waals surface area (Å²) < 4.78 is 46.0. The number of anilines is 1. The van der Waals surface area contributed by atoms with Gasteiger partial charge >= 0.3 is 12.3 Å². The lowest BCUT2D eigenvalue weighted by Gasteiger charge is -2.16. The number of alkyl halides is 3. The molecule has 0 aliphatic carbocycles. The summed E-state index contributed by atoms with van der Waals surface area (Å²) in [5.41, 5.74) is -0.0579. The molecule has 1 aliphatic heterocycles. The van der Waals surface area contributed by atoms with Crippen LogP contribution in [0.1, 0.15) is 0 Å². The zero-order valence-corrected chi connectivity index (χ0v) is 15.0. The van der Waals surface area contributed by atoms with E-state index in [2.05, 4.69) is 30.7 Å². The molecule has 0 spiro atoms. The van der Waals surface area contributed by atoms with Crippen molar-refractivity contribution in [3.8, 4) is 5.75 Å². The number of hydrogen-bond acceptors (Lipinski definition) is 6. The predicted octanol–water partition coefficient (Wildman–Crippen LogP) is 2.02. The lowest BCUT2D eigenvalue weighted by molar-refractivity contribution is -0.274. The largest absolute Gasteiger partial charge is 0.573 e. The van der Waals surface area contributed by atoms with Gasteiger partial charge in [0.25, 0.3) is 5.91 Å². The number of nitrogens with zero attached hydrogens (tertiary/aromatic N) is 1. The molecule has 1 aromatic carbocycles. The molecule has 1 heterocycles. The van der Waals surface area contributed by atoms with Gasteiger partial charge in [0.05, 0.1) is 31.5 Å². The number of carbonyl (C=O) groups excluding carboxylic acids is 2. The number of rotatable bonds is 6. The van der Waals surface area contributed by atoms with E-state index in [9.17, 15) is 22.8 Å². The fraction of sp³-hybridized carbons (Fsp3) is 0.333. The van der Waals surface area contributed by atoms with E-state index in [-0.39, 0.29) is 36.7 Å². The first-order chi connectivity index (χ1) is 12.2. The summed E-state index contributed by atoms with van der Waals surface area (Å²) in [5, 5.41) is 11.7. The number of carbonyl (C=O) groups is 2. The smallest absolute Gasteiger partial charge is 0.466 e. The van der Waals surface area contributed by atoms with Gasteiger partial charge in [0, 0.05) is 17.1 Å². The Hall–Kier alpha value is -2.27. The summed E-state index contributed by atoms with van der Waals surface area (Å²) in [4.78, 5) is 25.5. The molecule has 0 radical (unpaired) electrons. The zero-order chi connectivity index (χ0) is 19.5. The minimum absolute atomic E-state index is 0.00000665. The highest BCUT2D eigenvalue weighted by atomic mass is 79.9. The summed E-state index contributed by atoms with van der Waals surface area (Å²) in [5.74, 6) is -1.85. The van der Waals surface area contributed by atoms with Gasteiger partial charge in [0.15, 0.2) is 0 Å². The molecule has 0 fully saturated rings. The Morgan fingerprint density at radius 2 is 2.12 bits per heavy atom. The summed E-state index contributed by atoms with van der Waals surface area (Å²) in [6, 6.07) is 3.42. The SMILES string of the molecule is COC(=O)C1=C(Nc2cc(OC(F)(F)F)ccc2Br)C(=O)N(CCO)C1. The van der Waals surface area contributed by atoms with Crippen molar-refractivity contribution in [1.29, 1.82) is 0 Å². The van der Waals surface area contributed by atoms with E-state index in [1.165, 1.54) is 11.0 Å². The molecule has 7 nitrogen and oxygen atoms in total. The molecule has 2 rings (SSSR count). The van der Waals surface area contributed by atoms with E-state index >= 15 is 0 Å². The number of β-amino-alcohol motifs (C(OH)–C–C–N with tert-alkyl or cyclic N) is 1. The van der Waals surface area contributed by atoms with Crippen LogP contribution in [0.25, 0.3) is 0 Å². The summed E-state index contributed by atoms with van der Waals surface area (Å²) in [6.07, 6.45) is -4.87. The average Bonchev–Trinajstić information content (AvgIpc) is 2.86. The third kappa shape index (κ3) is 4.67. The Morgan fingerprint density at radius 3 is 2.69 bits per heavy atom. The molecule has 0 saturated carbocycles. The number of halogens is 4. The van der Waals surface area contributed by atoms with Crippen LogP contribution in [-0.4, -0.2) is 55.1 Å². The van der Waals surface area contributed by atoms with E-state index in [1.54, 1.807) is 0 Å². The van der Waals surface area contributed by atoms with Crippen molar-refractivity contribution in [2.24, 2.45) is 0 Å². The van der Waals surface area contributed by atoms with E-state index in [0.717, 1.165) is 19.2 Å². The molecule has 11 heteroatoms. The van der Waals surface area contributed by atoms with Crippen molar-refractivity contribution >= 4 is 33.5 Å². The van der Waals surface area contributed by atoms with Gasteiger partial charge in [0.1, 0.15) is 11.4 Å². The van der Waals surface area contributed by atoms with Crippen molar-refractivity contribution in [3.05, 3.63) is 33.9 Å². The molecule has 2 N–H and O–H groups in total. The molecular weight excluding hydrogens is 425 g/mol. The van der Waals surface area contributed by atoms with Crippen LogP contribution in [0.3, 0.4) is 0 Å². The molecule has 0 atom stereocenters. The second-order valence-electron chi connectivity index (χ2n) is 5.11. The average molecular weight is 439 g/mol. The molecule has 0 saturated heterocycles. The molecule has 0 unspecified atom stereocenters. The fourth-order valence-corrected chi connectivity index (χ4v) is 2.63. The van der Waals surface area contributed by atoms with Gasteiger partial charge in [-0.3, -0.25) is 4.79 Å². The number of aliphatic hydroxyl groups excluding tert-OH is 1. The molecule has 1 aliphatic rings. The topological polar surface area (TPSA) is 88.1 Å². The predicted molar refractivity (Wildman–Crippen MR) is 87.2 cm³/mol. The summed E-state index contributed by atoms with van der Waals surface area (Å²) in [6.45, 7) is -0.417. The van der Waals surface area contributed by atoms with Gasteiger partial charge < -0.3 is 24.8 Å². The number of amides is 1. The van der Waals surface area contributed by atoms with E-state index < -0.39 is 24.0 Å². The van der Waals surface area contributed by atoms with Crippen molar-refractivity contribution < 1.29 is 37.3 Å². The minimum atomic E-state index is -4.87. The first-order valence-electron chi connectivity index (χ1n) is 7.20. The van der Waals surface area contributed by atoms with Crippen molar-refractivity contribution in [3.63, 3.8) is 0 Å². The van der Waals surface area contributed by atoms with Crippen LogP contribution in [0.4, 0.5) is 18.9 Å². The van der Waals surface area contributed by atoms with Crippen LogP contribution >= 0.6 is 15.9 Å². The van der Waals surface area contributed by atoms with Crippen LogP contribution in [0.15, 0.2) is 33.9 Å². The fourth-order valence-electron chi connectivity index (χ4n) is 2.28. The van der Waals surface area contributed by atoms with Gasteiger partial charge in [0.2, 0.25) is 0 Å². The number of esters is 1. The summed E-state index contributed by atoms with van der Waals surface area (Å²) in [7, 11) is 1.14. The Labute approximate surface area is 154 Å². The van der Waals surface area contributed by atoms with E-state index in [0.29, 0.717) is 4.47 Å². The van der Waals surface area contributed by atoms with Crippen molar-refractivity contribution in [2.75, 3.05) is 32.1 Å². The number of aliphatic hydroxyl groups is 1. The van der Waals surface area contributed by atoms with Gasteiger partial charge in [-0.1, -0.05) is 0 Å². The van der Waals surface area contributed by atoms with Crippen LogP contribution in [0.5, 0.6) is 5.75 Å². The number of ether oxygens (including phenoxy) is 2. The van der Waals surface area contributed by atoms with E-state index in [1.807, 2.05) is 0 Å². The Morgan fingerprint density at radius 1 is 1.42 bits per heavy atom. The number of benzene rings is 1. The third-order valence-electron chi connectivity index (χ3n) is 3.38. The van der Waals surface area contributed by atoms with Crippen LogP contribution < -0.4 is 10.1 Å². The standard InChI is InChI=1S/C15H14BrF3N2O5/c1-25-14(24)9-7-21(4-5-22)13(23)12(9)20-11-6-8(2-3-10(11)16)26-15(17,18)19/h2-3,6,20,22H,4-5,7H2,1H3. The quantitative estimate of drug-likeness (QED) is 0.660. The Balaban J connectivity index is 2.35. The molecule has 0 aromatic heterocycles. The zero-order valence-electron chi connectivity index (χ0n) is 13.4. The molecule has 26 heavy (non-hydrogen) atoms. The van der Waals surface area contributed by atoms with Crippen molar-refractivity contribution in [2.45, 2.75) is 6.36 Å². The molecule has 0 bridgehead atoms. The number of methoxy groups -OCH3 is 1. The Bertz CT molecular complexity index is 751. The van der Waals surface area contributed by atoms with Crippen LogP contribution in [-0.2, 0) is 14.3 Å². The molecule has 1 amide bonds. The minimum Gasteiger partial charge on any atom is -0.466 e. The number of hydrogen-bond donors (Lipinski definition) is 2. The second-order valence-corrected chi connectivity index (χ2v) is 5.96. The van der Waals surface area contributed by atoms with Gasteiger partial charge in [-0.2, -0.15) is 0 Å². The summed E-state index contributed by atoms with van der Waals surface area (Å²) >= 11 is 3.15. The van der Waals surface area contributed by atoms with Crippen LogP contribution in [0, 0.1) is 0 Å². The third-order valence-corrected chi connectivity index (χ3v) is 4.08. The first kappa shape index (κ1) is 20.0. The maximum Gasteiger partial charge on any atom is 0.573 e. The van der Waals surface area contributed by atoms with E-state index in [4.69, 9.17) is 5.11 Å². The second kappa shape index (κ2) is 7.96. The highest BCUT2D eigenvalue weighted by Gasteiger charge is 2.35. The van der Waals surface area contributed by atoms with Crippen LogP contribution in [0.2, 0.25) is 0 Å². The highest BCUT2D eigenvalue weighted by Crippen LogP contribution is 2.33. The van der Waals surface area contributed by atoms with Gasteiger partial charge in [-0.25, -0.2) is 4.79 Å². The lowest BCUT2D eigenvalue weighted by Crippen LogP contribution is -2.31. The molecule has 1 aromatic rings. The van der Waals surface area contributed by atoms with Gasteiger partial charge in [-0.05, 0) is 28.1 Å². The highest BCUT2D eigenvalue weighted by molar-refractivity contribution is 9.10. The van der Waals surface area contributed by atoms with Gasteiger partial charge in [-0.15, -0.1) is 13.2 Å². The molecule has 142 valence electrons. The lowest BCUT2D eigenvalue weighted by atomic mass is 10.2. The monoisotopic (exact) mass is 438 g/mol. The Kier molecular flexibility index (Phi) is 6.13. The maximum atomic E-state index is 12.4. The maximum absolute atomic E-state index is 12.4. The normalized spacial score (nSPS) is 14.7. The van der Waals surface area contributed by atoms with Crippen molar-refractivity contribution in [1.82, 2.24) is 4.90 Å².